The van der Waals surface area contributed by atoms with Gasteiger partial charge in [-0.1, -0.05) is 148 Å². The number of nitrogens with one attached hydrogen (secondary N) is 3. The Kier molecular flexibility index (Phi) is 34.9. The summed E-state index contributed by atoms with van der Waals surface area (Å²) >= 11 is 37.2. The van der Waals surface area contributed by atoms with Crippen LogP contribution in [0.5, 0.6) is 0 Å². The van der Waals surface area contributed by atoms with E-state index in [1.807, 2.05) is 0 Å². The minimum atomic E-state index is -3.30. The minimum absolute atomic E-state index is 0.0701. The van der Waals surface area contributed by atoms with E-state index in [0.717, 1.165) is 69.4 Å². The summed E-state index contributed by atoms with van der Waals surface area (Å²) < 4.78 is 125. The van der Waals surface area contributed by atoms with Gasteiger partial charge in [0.15, 0.2) is 49.2 Å². The van der Waals surface area contributed by atoms with Crippen molar-refractivity contribution in [2.24, 2.45) is 0 Å². The van der Waals surface area contributed by atoms with E-state index in [4.69, 9.17) is 174 Å². The molecule has 36 nitrogen and oxygen atoms in total. The largest absolute Gasteiger partial charge is 0.465 e. The minimum Gasteiger partial charge on any atom is -0.465 e. The summed E-state index contributed by atoms with van der Waals surface area (Å²) in [4.78, 5) is 165. The van der Waals surface area contributed by atoms with Crippen molar-refractivity contribution < 1.29 is 157 Å². The summed E-state index contributed by atoms with van der Waals surface area (Å²) in [6, 6.07) is 20.0. The van der Waals surface area contributed by atoms with Gasteiger partial charge in [-0.15, -0.1) is 0 Å². The number of alkyl halides is 6. The van der Waals surface area contributed by atoms with Crippen LogP contribution in [0.4, 0.5) is 4.79 Å². The third-order valence-electron chi connectivity index (χ3n) is 16.8. The highest BCUT2D eigenvalue weighted by Crippen LogP contribution is 2.44. The van der Waals surface area contributed by atoms with Crippen molar-refractivity contribution in [3.8, 4) is 0 Å². The highest BCUT2D eigenvalue weighted by molar-refractivity contribution is 6.76. The molecule has 0 bridgehead atoms. The summed E-state index contributed by atoms with van der Waals surface area (Å²) in [6.45, 7) is 5.55. The highest BCUT2D eigenvalue weighted by Gasteiger charge is 2.65. The molecule has 0 saturated carbocycles. The second-order valence-electron chi connectivity index (χ2n) is 25.8. The zero-order chi connectivity index (χ0) is 84.1. The highest BCUT2D eigenvalue weighted by atomic mass is 35.6. The normalized spacial score (nSPS) is 28.0. The number of hydrogen-bond donors (Lipinski definition) is 3. The third kappa shape index (κ3) is 27.6. The molecule has 4 saturated heterocycles. The molecule has 3 aromatic rings. The van der Waals surface area contributed by atoms with Crippen LogP contribution in [0, 0.1) is 5.41 Å². The van der Waals surface area contributed by atoms with E-state index in [-0.39, 0.29) is 18.8 Å². The predicted molar refractivity (Wildman–Crippen MR) is 389 cm³/mol. The SMILES string of the molecule is COC(=O)[C@@]1(O[C@H]2[C@@H](OC(C)=O)[C@@H](COCc3ccccc3)O[C@@H](O[C@H]3[C@H](O[C@@H]4O[C@@H](C)[C@@H](OC(C)=O)[C@@H](OC(C)=O)[C@@H]4OCc4ccccc4)[C@@H](NC(=O)OCC(Cl)(Cl)Cl)[C@@H](OC(=N)C(Cl)(Cl)Cl)O[C@@H]3COC(=O)c3ccccc3)[C@@H]2OC(C)=O)C[C@H](OC(C)=O)[C@@H](NC(C)=O)[C@H]([C@H](OC(C)=O)[C@@H](COC(C)=O)OC(C)=O)O1. The maximum absolute atomic E-state index is 15.4. The molecule has 21 atom stereocenters. The Labute approximate surface area is 682 Å². The van der Waals surface area contributed by atoms with Crippen LogP contribution in [0.3, 0.4) is 0 Å². The van der Waals surface area contributed by atoms with Gasteiger partial charge in [0.25, 0.3) is 9.58 Å². The molecule has 4 fully saturated rings. The Hall–Kier alpha value is -8.05. The first kappa shape index (κ1) is 93.1. The van der Waals surface area contributed by atoms with Gasteiger partial charge in [0.05, 0.1) is 51.1 Å². The number of ether oxygens (including phenoxy) is 21. The maximum atomic E-state index is 15.4. The first-order valence-electron chi connectivity index (χ1n) is 34.8. The molecule has 3 aromatic carbocycles. The van der Waals surface area contributed by atoms with Crippen LogP contribution in [-0.2, 0) is 161 Å². The van der Waals surface area contributed by atoms with Crippen LogP contribution in [-0.4, -0.2) is 247 Å². The summed E-state index contributed by atoms with van der Waals surface area (Å²) in [5.74, 6) is -16.7. The number of rotatable bonds is 32. The van der Waals surface area contributed by atoms with E-state index in [0.29, 0.717) is 11.1 Å². The standard InChI is InChI=1S/C72H85Cl6N3O33/c1-34-53(103-39(6)86)59(106-42(9)89)61(97-29-45-23-17-13-18-24-45)65(100-34)111-57-52(81-69(93)99-33-71(73,74)75)64(112-67(79)72(76,77)78)108-50(32-98-63(91)46-25-19-14-20-26-46)54(57)110-66-62(107-43(10)90)60(56(105-41(8)88)48(109-66)30-95-28-44-21-15-12-16-22-44)114-70(68(92)94-11)27-47(101-37(4)84)51(80-35(2)82)58(113-70)55(104-40(7)87)49(102-38(5)85)31-96-36(3)83/h12-26,34,47-62,64-66,79H,27-33H2,1-11H3,(H,80,82)(H,81,93)/t34-,47-,48+,49+,50+,51+,52+,53+,54+,55+,56-,57+,58+,59+,60-,61-,62+,64+,65-,66-,70-/m0/s1. The number of benzene rings is 3. The van der Waals surface area contributed by atoms with Gasteiger partial charge in [-0.25, -0.2) is 14.4 Å². The van der Waals surface area contributed by atoms with Crippen molar-refractivity contribution in [1.82, 2.24) is 10.6 Å². The van der Waals surface area contributed by atoms with Crippen molar-refractivity contribution in [2.45, 2.75) is 225 Å². The van der Waals surface area contributed by atoms with Crippen LogP contribution in [0.25, 0.3) is 0 Å². The number of carbonyl (C=O) groups excluding carboxylic acids is 12. The van der Waals surface area contributed by atoms with Gasteiger partial charge < -0.3 is 110 Å². The molecule has 0 unspecified atom stereocenters. The lowest BCUT2D eigenvalue weighted by molar-refractivity contribution is -0.391. The van der Waals surface area contributed by atoms with E-state index in [1.54, 1.807) is 66.7 Å². The van der Waals surface area contributed by atoms with Crippen molar-refractivity contribution in [3.05, 3.63) is 108 Å². The summed E-state index contributed by atoms with van der Waals surface area (Å²) in [7, 11) is 0.818. The molecule has 0 radical (unpaired) electrons. The van der Waals surface area contributed by atoms with Crippen LogP contribution in [0.15, 0.2) is 91.0 Å². The monoisotopic (exact) mass is 1730 g/mol. The lowest BCUT2D eigenvalue weighted by Crippen LogP contribution is -2.73. The first-order chi connectivity index (χ1) is 53.6. The van der Waals surface area contributed by atoms with Gasteiger partial charge in [0, 0.05) is 62.3 Å². The molecule has 0 spiro atoms. The third-order valence-corrected chi connectivity index (χ3v) is 17.6. The molecular weight excluding hydrogens is 1650 g/mol. The lowest BCUT2D eigenvalue weighted by atomic mass is 9.87. The van der Waals surface area contributed by atoms with Gasteiger partial charge >= 0.3 is 65.8 Å². The van der Waals surface area contributed by atoms with Crippen molar-refractivity contribution in [1.29, 1.82) is 5.41 Å². The molecule has 42 heteroatoms. The molecule has 4 aliphatic rings. The average molecular weight is 1730 g/mol. The Morgan fingerprint density at radius 3 is 1.60 bits per heavy atom. The fourth-order valence-corrected chi connectivity index (χ4v) is 12.8. The number of esters is 10. The van der Waals surface area contributed by atoms with Crippen molar-refractivity contribution in [3.63, 3.8) is 0 Å². The van der Waals surface area contributed by atoms with E-state index < -0.39 is 246 Å². The number of hydrogen-bond acceptors (Lipinski definition) is 34. The smallest absolute Gasteiger partial charge is 0.407 e. The average Bonchev–Trinajstić information content (AvgIpc) is 0.752. The molecule has 4 heterocycles. The molecule has 3 N–H and O–H groups in total. The molecule has 4 aliphatic heterocycles. The number of carbonyl (C=O) groups is 12. The quantitative estimate of drug-likeness (QED) is 0.0210. The second kappa shape index (κ2) is 42.7. The lowest BCUT2D eigenvalue weighted by Gasteiger charge is -2.53. The number of amides is 2. The van der Waals surface area contributed by atoms with Crippen LogP contribution in [0.2, 0.25) is 0 Å². The number of halogens is 6. The molecule has 7 rings (SSSR count). The van der Waals surface area contributed by atoms with Crippen LogP contribution >= 0.6 is 69.6 Å². The van der Waals surface area contributed by atoms with Gasteiger partial charge in [0.2, 0.25) is 21.9 Å². The molecule has 0 aliphatic carbocycles. The van der Waals surface area contributed by atoms with E-state index in [9.17, 15) is 52.7 Å². The summed E-state index contributed by atoms with van der Waals surface area (Å²) in [5, 5.41) is 14.0. The van der Waals surface area contributed by atoms with Gasteiger partial charge in [-0.2, -0.15) is 0 Å². The molecule has 0 aromatic heterocycles. The molecule has 114 heavy (non-hydrogen) atoms. The zero-order valence-corrected chi connectivity index (χ0v) is 67.4. The zero-order valence-electron chi connectivity index (χ0n) is 62.9. The first-order valence-corrected chi connectivity index (χ1v) is 37.1. The topological polar surface area (TPSA) is 447 Å². The van der Waals surface area contributed by atoms with Gasteiger partial charge in [-0.3, -0.25) is 48.6 Å². The Morgan fingerprint density at radius 2 is 1.05 bits per heavy atom. The Bertz CT molecular complexity index is 3830. The van der Waals surface area contributed by atoms with E-state index in [1.165, 1.54) is 31.2 Å². The predicted octanol–water partition coefficient (Wildman–Crippen LogP) is 6.07. The summed E-state index contributed by atoms with van der Waals surface area (Å²) in [5.41, 5.74) is 0.945. The number of alkyl carbamates (subject to hydrolysis) is 1. The van der Waals surface area contributed by atoms with E-state index in [2.05, 4.69) is 10.6 Å². The molecule has 628 valence electrons. The van der Waals surface area contributed by atoms with E-state index >= 15 is 4.79 Å². The second-order valence-corrected chi connectivity index (χ2v) is 30.6. The molecular formula is C72H85Cl6N3O33. The van der Waals surface area contributed by atoms with Gasteiger partial charge in [0.1, 0.15) is 74.7 Å². The fraction of sp³-hybridized carbons (Fsp3) is 0.569. The van der Waals surface area contributed by atoms with Crippen LogP contribution in [0.1, 0.15) is 97.1 Å². The van der Waals surface area contributed by atoms with Crippen molar-refractivity contribution in [2.75, 3.05) is 33.5 Å². The summed E-state index contributed by atoms with van der Waals surface area (Å²) in [6.07, 6.45) is -39.6. The Balaban J connectivity index is 1.57. The number of methoxy groups -OCH3 is 1. The fourth-order valence-electron chi connectivity index (χ4n) is 12.5. The maximum Gasteiger partial charge on any atom is 0.407 e. The van der Waals surface area contributed by atoms with Crippen molar-refractivity contribution >= 4 is 147 Å². The molecule has 2 amide bonds. The Morgan fingerprint density at radius 1 is 0.526 bits per heavy atom. The van der Waals surface area contributed by atoms with Gasteiger partial charge in [-0.05, 0) is 30.2 Å². The van der Waals surface area contributed by atoms with Crippen LogP contribution < -0.4 is 10.6 Å².